The fourth-order valence-electron chi connectivity index (χ4n) is 2.97. The van der Waals surface area contributed by atoms with Crippen molar-refractivity contribution >= 4 is 11.8 Å². The number of rotatable bonds is 5. The number of aromatic nitrogens is 3. The van der Waals surface area contributed by atoms with Crippen LogP contribution in [0.3, 0.4) is 0 Å². The number of hydrogen-bond acceptors (Lipinski definition) is 5. The molecule has 2 aromatic rings. The minimum absolute atomic E-state index is 0.151. The first kappa shape index (κ1) is 18.2. The van der Waals surface area contributed by atoms with Gasteiger partial charge in [0.1, 0.15) is 18.7 Å². The van der Waals surface area contributed by atoms with Gasteiger partial charge in [0.05, 0.1) is 0 Å². The van der Waals surface area contributed by atoms with E-state index >= 15 is 0 Å². The fraction of sp³-hybridized carbons (Fsp3) is 0.550. The van der Waals surface area contributed by atoms with Crippen LogP contribution >= 0.6 is 11.8 Å². The molecule has 0 N–H and O–H groups in total. The largest absolute Gasteiger partial charge is 0.486 e. The van der Waals surface area contributed by atoms with Crippen LogP contribution in [0.2, 0.25) is 0 Å². The van der Waals surface area contributed by atoms with Gasteiger partial charge >= 0.3 is 0 Å². The molecule has 0 spiro atoms. The highest BCUT2D eigenvalue weighted by Gasteiger charge is 2.16. The number of thioether (sulfide) groups is 1. The highest BCUT2D eigenvalue weighted by Crippen LogP contribution is 2.31. The maximum Gasteiger partial charge on any atom is 0.191 e. The van der Waals surface area contributed by atoms with Crippen LogP contribution in [0.15, 0.2) is 35.7 Å². The highest BCUT2D eigenvalue weighted by atomic mass is 32.2. The molecule has 4 nitrogen and oxygen atoms in total. The van der Waals surface area contributed by atoms with Gasteiger partial charge in [0.25, 0.3) is 0 Å². The van der Waals surface area contributed by atoms with Crippen molar-refractivity contribution in [3.63, 3.8) is 0 Å². The van der Waals surface area contributed by atoms with Crippen LogP contribution in [0.25, 0.3) is 0 Å². The molecule has 1 aromatic heterocycles. The summed E-state index contributed by atoms with van der Waals surface area (Å²) in [5.41, 5.74) is 1.45. The van der Waals surface area contributed by atoms with E-state index < -0.39 is 0 Å². The lowest BCUT2D eigenvalue weighted by molar-refractivity contribution is 0.293. The standard InChI is InChI=1S/C20H27N3OS/c1-20(2,3)15-9-11-16(12-10-15)24-13-18-21-14-22-19(23-18)25-17-7-5-4-6-8-17/h9-12,14,17H,4-8,13H2,1-3H3. The van der Waals surface area contributed by atoms with Gasteiger partial charge in [0, 0.05) is 5.25 Å². The quantitative estimate of drug-likeness (QED) is 0.738. The van der Waals surface area contributed by atoms with Crippen LogP contribution in [0.4, 0.5) is 0 Å². The number of nitrogens with zero attached hydrogens (tertiary/aromatic N) is 3. The first-order chi connectivity index (χ1) is 12.0. The predicted octanol–water partition coefficient (Wildman–Crippen LogP) is 5.17. The first-order valence-corrected chi connectivity index (χ1v) is 9.96. The summed E-state index contributed by atoms with van der Waals surface area (Å²) < 4.78 is 5.84. The molecule has 5 heteroatoms. The molecule has 0 radical (unpaired) electrons. The van der Waals surface area contributed by atoms with E-state index in [1.165, 1.54) is 37.7 Å². The molecule has 1 aliphatic carbocycles. The lowest BCUT2D eigenvalue weighted by Crippen LogP contribution is -2.11. The fourth-order valence-corrected chi connectivity index (χ4v) is 4.10. The Balaban J connectivity index is 1.56. The monoisotopic (exact) mass is 357 g/mol. The zero-order valence-electron chi connectivity index (χ0n) is 15.4. The second-order valence-corrected chi connectivity index (χ2v) is 8.89. The van der Waals surface area contributed by atoms with Crippen molar-refractivity contribution in [3.05, 3.63) is 42.0 Å². The Hall–Kier alpha value is -1.62. The van der Waals surface area contributed by atoms with Crippen molar-refractivity contribution in [1.82, 2.24) is 15.0 Å². The first-order valence-electron chi connectivity index (χ1n) is 9.08. The number of benzene rings is 1. The molecule has 0 saturated heterocycles. The molecule has 1 fully saturated rings. The molecule has 0 amide bonds. The third-order valence-corrected chi connectivity index (χ3v) is 5.72. The van der Waals surface area contributed by atoms with Crippen molar-refractivity contribution < 1.29 is 4.74 Å². The summed E-state index contributed by atoms with van der Waals surface area (Å²) in [5, 5.41) is 1.47. The van der Waals surface area contributed by atoms with E-state index in [1.807, 2.05) is 12.1 Å². The van der Waals surface area contributed by atoms with Crippen molar-refractivity contribution in [1.29, 1.82) is 0 Å². The van der Waals surface area contributed by atoms with Gasteiger partial charge in [0.15, 0.2) is 11.0 Å². The molecule has 0 aliphatic heterocycles. The zero-order valence-corrected chi connectivity index (χ0v) is 16.2. The normalized spacial score (nSPS) is 16.0. The number of ether oxygens (including phenoxy) is 1. The Morgan fingerprint density at radius 2 is 1.76 bits per heavy atom. The Kier molecular flexibility index (Phi) is 5.94. The second kappa shape index (κ2) is 8.17. The summed E-state index contributed by atoms with van der Waals surface area (Å²) in [6, 6.07) is 8.26. The van der Waals surface area contributed by atoms with Gasteiger partial charge in [-0.25, -0.2) is 15.0 Å². The van der Waals surface area contributed by atoms with Crippen LogP contribution in [0.5, 0.6) is 5.75 Å². The summed E-state index contributed by atoms with van der Waals surface area (Å²) in [5.74, 6) is 1.53. The van der Waals surface area contributed by atoms with Crippen molar-refractivity contribution in [2.75, 3.05) is 0 Å². The summed E-state index contributed by atoms with van der Waals surface area (Å²) in [6.07, 6.45) is 8.14. The van der Waals surface area contributed by atoms with Gasteiger partial charge < -0.3 is 4.74 Å². The lowest BCUT2D eigenvalue weighted by atomic mass is 9.87. The second-order valence-electron chi connectivity index (χ2n) is 7.63. The van der Waals surface area contributed by atoms with Crippen LogP contribution < -0.4 is 4.74 Å². The minimum Gasteiger partial charge on any atom is -0.486 e. The Morgan fingerprint density at radius 3 is 2.44 bits per heavy atom. The Morgan fingerprint density at radius 1 is 1.04 bits per heavy atom. The summed E-state index contributed by atoms with van der Waals surface area (Å²) in [6.45, 7) is 6.99. The molecular formula is C20H27N3OS. The topological polar surface area (TPSA) is 47.9 Å². The molecule has 3 rings (SSSR count). The molecule has 1 heterocycles. The van der Waals surface area contributed by atoms with Crippen molar-refractivity contribution in [2.45, 2.75) is 75.3 Å². The smallest absolute Gasteiger partial charge is 0.191 e. The maximum atomic E-state index is 5.84. The van der Waals surface area contributed by atoms with Gasteiger partial charge in [-0.3, -0.25) is 0 Å². The zero-order chi connectivity index (χ0) is 17.7. The third kappa shape index (κ3) is 5.43. The van der Waals surface area contributed by atoms with Crippen LogP contribution in [0, 0.1) is 0 Å². The lowest BCUT2D eigenvalue weighted by Gasteiger charge is -2.20. The van der Waals surface area contributed by atoms with Gasteiger partial charge in [-0.1, -0.05) is 63.9 Å². The van der Waals surface area contributed by atoms with E-state index in [4.69, 9.17) is 4.74 Å². The van der Waals surface area contributed by atoms with E-state index in [1.54, 1.807) is 18.1 Å². The van der Waals surface area contributed by atoms with E-state index in [9.17, 15) is 0 Å². The van der Waals surface area contributed by atoms with E-state index in [0.29, 0.717) is 17.7 Å². The van der Waals surface area contributed by atoms with Crippen LogP contribution in [0.1, 0.15) is 64.3 Å². The average Bonchev–Trinajstić information content (AvgIpc) is 2.61. The Labute approximate surface area is 154 Å². The molecule has 134 valence electrons. The van der Waals surface area contributed by atoms with E-state index in [2.05, 4.69) is 47.9 Å². The summed E-state index contributed by atoms with van der Waals surface area (Å²) in [4.78, 5) is 13.1. The molecule has 0 unspecified atom stereocenters. The SMILES string of the molecule is CC(C)(C)c1ccc(OCc2ncnc(SC3CCCCC3)n2)cc1. The predicted molar refractivity (Wildman–Crippen MR) is 102 cm³/mol. The van der Waals surface area contributed by atoms with E-state index in [0.717, 1.165) is 10.9 Å². The van der Waals surface area contributed by atoms with Gasteiger partial charge in [0.2, 0.25) is 0 Å². The van der Waals surface area contributed by atoms with Crippen LogP contribution in [-0.4, -0.2) is 20.2 Å². The van der Waals surface area contributed by atoms with Gasteiger partial charge in [-0.15, -0.1) is 0 Å². The maximum absolute atomic E-state index is 5.84. The van der Waals surface area contributed by atoms with Gasteiger partial charge in [-0.05, 0) is 36.0 Å². The van der Waals surface area contributed by atoms with Gasteiger partial charge in [-0.2, -0.15) is 0 Å². The molecule has 0 bridgehead atoms. The summed E-state index contributed by atoms with van der Waals surface area (Å²) in [7, 11) is 0. The Bertz CT molecular complexity index is 676. The van der Waals surface area contributed by atoms with E-state index in [-0.39, 0.29) is 5.41 Å². The molecule has 0 atom stereocenters. The van der Waals surface area contributed by atoms with Crippen LogP contribution in [-0.2, 0) is 12.0 Å². The molecular weight excluding hydrogens is 330 g/mol. The number of hydrogen-bond donors (Lipinski definition) is 0. The van der Waals surface area contributed by atoms with Crippen molar-refractivity contribution in [2.24, 2.45) is 0 Å². The average molecular weight is 358 g/mol. The molecule has 25 heavy (non-hydrogen) atoms. The third-order valence-electron chi connectivity index (χ3n) is 4.51. The van der Waals surface area contributed by atoms with Crippen molar-refractivity contribution in [3.8, 4) is 5.75 Å². The summed E-state index contributed by atoms with van der Waals surface area (Å²) >= 11 is 1.79. The molecule has 1 aromatic carbocycles. The molecule has 1 aliphatic rings. The minimum atomic E-state index is 0.151. The highest BCUT2D eigenvalue weighted by molar-refractivity contribution is 7.99. The molecule has 1 saturated carbocycles.